The van der Waals surface area contributed by atoms with Crippen molar-refractivity contribution in [1.29, 1.82) is 0 Å². The van der Waals surface area contributed by atoms with Crippen LogP contribution in [-0.2, 0) is 22.7 Å². The second kappa shape index (κ2) is 10.5. The number of carbonyl (C=O) groups excluding carboxylic acids is 3. The largest absolute Gasteiger partial charge is 0.354 e. The van der Waals surface area contributed by atoms with Gasteiger partial charge in [-0.25, -0.2) is 4.39 Å². The van der Waals surface area contributed by atoms with E-state index in [0.29, 0.717) is 31.1 Å². The van der Waals surface area contributed by atoms with Crippen molar-refractivity contribution in [3.63, 3.8) is 0 Å². The first-order valence-corrected chi connectivity index (χ1v) is 14.5. The smallest absolute Gasteiger partial charge is 0.255 e. The zero-order chi connectivity index (χ0) is 28.1. The van der Waals surface area contributed by atoms with Crippen molar-refractivity contribution in [2.75, 3.05) is 44.2 Å². The molecule has 1 atom stereocenters. The summed E-state index contributed by atoms with van der Waals surface area (Å²) in [5.74, 6) is -0.299. The van der Waals surface area contributed by atoms with Crippen LogP contribution < -0.4 is 10.2 Å². The molecule has 4 aliphatic rings. The van der Waals surface area contributed by atoms with Gasteiger partial charge < -0.3 is 14.3 Å². The molecule has 214 valence electrons. The van der Waals surface area contributed by atoms with Crippen LogP contribution in [0, 0.1) is 5.82 Å². The van der Waals surface area contributed by atoms with Gasteiger partial charge in [0.25, 0.3) is 5.91 Å². The first-order valence-electron chi connectivity index (χ1n) is 14.5. The predicted molar refractivity (Wildman–Crippen MR) is 149 cm³/mol. The van der Waals surface area contributed by atoms with Gasteiger partial charge in [0.2, 0.25) is 11.8 Å². The van der Waals surface area contributed by atoms with E-state index in [2.05, 4.69) is 25.2 Å². The molecule has 5 heterocycles. The molecule has 3 aromatic rings. The summed E-state index contributed by atoms with van der Waals surface area (Å²) in [6.07, 6.45) is 2.76. The van der Waals surface area contributed by atoms with Crippen LogP contribution in [0.15, 0.2) is 40.9 Å². The van der Waals surface area contributed by atoms with Crippen molar-refractivity contribution < 1.29 is 23.3 Å². The van der Waals surface area contributed by atoms with Gasteiger partial charge in [-0.05, 0) is 55.6 Å². The third-order valence-corrected chi connectivity index (χ3v) is 9.14. The molecule has 41 heavy (non-hydrogen) atoms. The maximum Gasteiger partial charge on any atom is 0.255 e. The highest BCUT2D eigenvalue weighted by Gasteiger charge is 2.40. The molecule has 0 bridgehead atoms. The SMILES string of the molecule is O=C1CCC(N2Cc3cccc(CN4CCC(N5CCN(c6noc7cc(F)ccc67)CC5)CC4)c3C2=O)C(=O)N1. The van der Waals surface area contributed by atoms with Gasteiger partial charge in [0.1, 0.15) is 11.9 Å². The van der Waals surface area contributed by atoms with Gasteiger partial charge in [-0.15, -0.1) is 0 Å². The number of hydrogen-bond donors (Lipinski definition) is 1. The Morgan fingerprint density at radius 2 is 1.78 bits per heavy atom. The van der Waals surface area contributed by atoms with Gasteiger partial charge in [-0.2, -0.15) is 0 Å². The Labute approximate surface area is 237 Å². The Hall–Kier alpha value is -3.83. The van der Waals surface area contributed by atoms with E-state index in [1.54, 1.807) is 11.0 Å². The normalized spacial score (nSPS) is 23.0. The lowest BCUT2D eigenvalue weighted by molar-refractivity contribution is -0.136. The summed E-state index contributed by atoms with van der Waals surface area (Å²) in [4.78, 5) is 46.3. The highest BCUT2D eigenvalue weighted by molar-refractivity contribution is 6.06. The molecule has 7 rings (SSSR count). The molecule has 3 amide bonds. The number of hydrogen-bond acceptors (Lipinski definition) is 8. The number of anilines is 1. The topological polar surface area (TPSA) is 102 Å². The van der Waals surface area contributed by atoms with Crippen molar-refractivity contribution in [2.45, 2.75) is 50.9 Å². The first kappa shape index (κ1) is 26.1. The van der Waals surface area contributed by atoms with E-state index in [1.165, 1.54) is 12.1 Å². The van der Waals surface area contributed by atoms with Crippen LogP contribution in [0.1, 0.15) is 47.2 Å². The third-order valence-electron chi connectivity index (χ3n) is 9.14. The number of nitrogens with one attached hydrogen (secondary N) is 1. The van der Waals surface area contributed by atoms with Crippen molar-refractivity contribution in [3.05, 3.63) is 58.9 Å². The van der Waals surface area contributed by atoms with E-state index in [0.717, 1.165) is 80.0 Å². The number of imide groups is 1. The molecule has 3 fully saturated rings. The average molecular weight is 561 g/mol. The van der Waals surface area contributed by atoms with E-state index in [1.807, 2.05) is 18.2 Å². The summed E-state index contributed by atoms with van der Waals surface area (Å²) in [6.45, 7) is 6.61. The predicted octanol–water partition coefficient (Wildman–Crippen LogP) is 2.51. The summed E-state index contributed by atoms with van der Waals surface area (Å²) in [6, 6.07) is 10.5. The van der Waals surface area contributed by atoms with Crippen LogP contribution in [-0.4, -0.2) is 88.9 Å². The van der Waals surface area contributed by atoms with E-state index >= 15 is 0 Å². The average Bonchev–Trinajstić information content (AvgIpc) is 3.55. The monoisotopic (exact) mass is 560 g/mol. The minimum Gasteiger partial charge on any atom is -0.354 e. The number of piperazine rings is 1. The second-order valence-corrected chi connectivity index (χ2v) is 11.5. The summed E-state index contributed by atoms with van der Waals surface area (Å²) in [5, 5.41) is 7.44. The van der Waals surface area contributed by atoms with Gasteiger partial charge in [0.15, 0.2) is 11.4 Å². The standard InChI is InChI=1S/C30H33FN6O4/c31-21-4-5-23-25(16-21)41-33-28(23)36-14-12-35(13-15-36)22-8-10-34(11-9-22)17-19-2-1-3-20-18-37(30(40)27(19)20)24-6-7-26(38)32-29(24)39/h1-5,16,22,24H,6-15,17-18H2,(H,32,38,39). The Morgan fingerprint density at radius 3 is 2.56 bits per heavy atom. The summed E-state index contributed by atoms with van der Waals surface area (Å²) in [5.41, 5.74) is 3.16. The number of rotatable bonds is 5. The van der Waals surface area contributed by atoms with Gasteiger partial charge >= 0.3 is 0 Å². The fourth-order valence-electron chi connectivity index (χ4n) is 6.93. The summed E-state index contributed by atoms with van der Waals surface area (Å²) < 4.78 is 18.9. The van der Waals surface area contributed by atoms with Gasteiger partial charge in [-0.3, -0.25) is 29.5 Å². The number of piperidine rings is 2. The van der Waals surface area contributed by atoms with Gasteiger partial charge in [0.05, 0.1) is 5.39 Å². The molecule has 4 aliphatic heterocycles. The van der Waals surface area contributed by atoms with E-state index in [9.17, 15) is 18.8 Å². The molecule has 11 heteroatoms. The molecular formula is C30H33FN6O4. The lowest BCUT2D eigenvalue weighted by Crippen LogP contribution is -2.53. The molecule has 0 spiro atoms. The molecular weight excluding hydrogens is 527 g/mol. The number of carbonyl (C=O) groups is 3. The van der Waals surface area contributed by atoms with Crippen molar-refractivity contribution in [2.24, 2.45) is 0 Å². The summed E-state index contributed by atoms with van der Waals surface area (Å²) in [7, 11) is 0. The van der Waals surface area contributed by atoms with Crippen LogP contribution in [0.2, 0.25) is 0 Å². The van der Waals surface area contributed by atoms with Crippen LogP contribution in [0.4, 0.5) is 10.2 Å². The third kappa shape index (κ3) is 4.87. The summed E-state index contributed by atoms with van der Waals surface area (Å²) >= 11 is 0. The Bertz CT molecular complexity index is 1510. The number of nitrogens with zero attached hydrogens (tertiary/aromatic N) is 5. The Kier molecular flexibility index (Phi) is 6.70. The van der Waals surface area contributed by atoms with Gasteiger partial charge in [0, 0.05) is 63.4 Å². The van der Waals surface area contributed by atoms with Crippen LogP contribution in [0.25, 0.3) is 11.0 Å². The van der Waals surface area contributed by atoms with Crippen molar-refractivity contribution >= 4 is 34.5 Å². The molecule has 2 aromatic carbocycles. The lowest BCUT2D eigenvalue weighted by atomic mass is 9.99. The van der Waals surface area contributed by atoms with E-state index in [-0.39, 0.29) is 30.0 Å². The maximum absolute atomic E-state index is 13.5. The number of amides is 3. The van der Waals surface area contributed by atoms with Gasteiger partial charge in [-0.1, -0.05) is 23.4 Å². The number of benzene rings is 2. The number of fused-ring (bicyclic) bond motifs is 2. The lowest BCUT2D eigenvalue weighted by Gasteiger charge is -2.43. The maximum atomic E-state index is 13.5. The van der Waals surface area contributed by atoms with Crippen molar-refractivity contribution in [3.8, 4) is 0 Å². The number of aromatic nitrogens is 1. The van der Waals surface area contributed by atoms with E-state index in [4.69, 9.17) is 4.52 Å². The van der Waals surface area contributed by atoms with Crippen LogP contribution in [0.5, 0.6) is 0 Å². The highest BCUT2D eigenvalue weighted by Crippen LogP contribution is 2.32. The molecule has 1 unspecified atom stereocenters. The molecule has 0 radical (unpaired) electrons. The highest BCUT2D eigenvalue weighted by atomic mass is 19.1. The molecule has 3 saturated heterocycles. The molecule has 10 nitrogen and oxygen atoms in total. The molecule has 0 aliphatic carbocycles. The number of halogens is 1. The molecule has 1 N–H and O–H groups in total. The zero-order valence-electron chi connectivity index (χ0n) is 22.9. The van der Waals surface area contributed by atoms with Crippen LogP contribution >= 0.6 is 0 Å². The fourth-order valence-corrected chi connectivity index (χ4v) is 6.93. The minimum atomic E-state index is -0.595. The van der Waals surface area contributed by atoms with E-state index < -0.39 is 6.04 Å². The number of likely N-dealkylation sites (tertiary alicyclic amines) is 1. The van der Waals surface area contributed by atoms with Crippen LogP contribution in [0.3, 0.4) is 0 Å². The Balaban J connectivity index is 0.941. The minimum absolute atomic E-state index is 0.108. The second-order valence-electron chi connectivity index (χ2n) is 11.5. The van der Waals surface area contributed by atoms with Crippen molar-refractivity contribution in [1.82, 2.24) is 25.2 Å². The zero-order valence-corrected chi connectivity index (χ0v) is 22.9. The first-order chi connectivity index (χ1) is 19.9. The molecule has 0 saturated carbocycles. The fraction of sp³-hybridized carbons (Fsp3) is 0.467. The molecule has 1 aromatic heterocycles. The quantitative estimate of drug-likeness (QED) is 0.475. The Morgan fingerprint density at radius 1 is 0.976 bits per heavy atom.